The van der Waals surface area contributed by atoms with E-state index >= 15 is 0 Å². The van der Waals surface area contributed by atoms with Gasteiger partial charge in [-0.15, -0.1) is 0 Å². The second-order valence-corrected chi connectivity index (χ2v) is 3.48. The third-order valence-corrected chi connectivity index (χ3v) is 2.25. The molecule has 0 saturated carbocycles. The Morgan fingerprint density at radius 3 is 2.73 bits per heavy atom. The Kier molecular flexibility index (Phi) is 3.49. The molecule has 0 aliphatic heterocycles. The number of nitrogens with one attached hydrogen (secondary N) is 1. The van der Waals surface area contributed by atoms with Crippen LogP contribution in [0.1, 0.15) is 20.3 Å². The molecule has 0 aliphatic carbocycles. The molecule has 0 amide bonds. The van der Waals surface area contributed by atoms with Gasteiger partial charge in [0.25, 0.3) is 5.69 Å². The topological polar surface area (TPSA) is 81.2 Å². The molecule has 82 valence electrons. The van der Waals surface area contributed by atoms with E-state index in [4.69, 9.17) is 5.73 Å². The lowest BCUT2D eigenvalue weighted by Gasteiger charge is -2.13. The predicted molar refractivity (Wildman–Crippen MR) is 60.9 cm³/mol. The Balaban J connectivity index is 2.87. The Labute approximate surface area is 88.4 Å². The second-order valence-electron chi connectivity index (χ2n) is 3.48. The van der Waals surface area contributed by atoms with Gasteiger partial charge in [0.15, 0.2) is 0 Å². The minimum atomic E-state index is -0.484. The molecule has 0 heterocycles. The fraction of sp³-hybridized carbons (Fsp3) is 0.400. The number of nitro benzene ring substituents is 1. The van der Waals surface area contributed by atoms with Crippen LogP contribution in [0.3, 0.4) is 0 Å². The zero-order chi connectivity index (χ0) is 11.4. The van der Waals surface area contributed by atoms with Gasteiger partial charge in [0, 0.05) is 17.8 Å². The van der Waals surface area contributed by atoms with Crippen molar-refractivity contribution in [2.45, 2.75) is 26.3 Å². The minimum absolute atomic E-state index is 0.0512. The van der Waals surface area contributed by atoms with Gasteiger partial charge in [-0.2, -0.15) is 0 Å². The van der Waals surface area contributed by atoms with Gasteiger partial charge in [0.05, 0.1) is 4.92 Å². The van der Waals surface area contributed by atoms with Crippen LogP contribution in [0, 0.1) is 10.1 Å². The first kappa shape index (κ1) is 11.3. The van der Waals surface area contributed by atoms with Gasteiger partial charge in [-0.25, -0.2) is 0 Å². The van der Waals surface area contributed by atoms with E-state index < -0.39 is 4.92 Å². The molecule has 3 N–H and O–H groups in total. The lowest BCUT2D eigenvalue weighted by Crippen LogP contribution is -2.13. The van der Waals surface area contributed by atoms with E-state index in [1.54, 1.807) is 12.1 Å². The smallest absolute Gasteiger partial charge is 0.292 e. The van der Waals surface area contributed by atoms with Crippen LogP contribution in [-0.2, 0) is 0 Å². The number of hydrogen-bond donors (Lipinski definition) is 2. The molecule has 1 aromatic carbocycles. The monoisotopic (exact) mass is 209 g/mol. The van der Waals surface area contributed by atoms with Crippen molar-refractivity contribution in [2.75, 3.05) is 11.1 Å². The van der Waals surface area contributed by atoms with E-state index in [1.807, 2.05) is 6.92 Å². The summed E-state index contributed by atoms with van der Waals surface area (Å²) in [5, 5.41) is 13.7. The van der Waals surface area contributed by atoms with Gasteiger partial charge < -0.3 is 11.1 Å². The zero-order valence-corrected chi connectivity index (χ0v) is 8.86. The van der Waals surface area contributed by atoms with Crippen molar-refractivity contribution >= 4 is 17.1 Å². The maximum atomic E-state index is 10.5. The van der Waals surface area contributed by atoms with Crippen LogP contribution in [0.4, 0.5) is 17.1 Å². The van der Waals surface area contributed by atoms with Crippen molar-refractivity contribution in [3.05, 3.63) is 28.3 Å². The van der Waals surface area contributed by atoms with Crippen LogP contribution in [0.2, 0.25) is 0 Å². The molecular weight excluding hydrogens is 194 g/mol. The first-order chi connectivity index (χ1) is 7.04. The van der Waals surface area contributed by atoms with Crippen LogP contribution in [-0.4, -0.2) is 11.0 Å². The first-order valence-electron chi connectivity index (χ1n) is 4.85. The molecule has 0 aliphatic rings. The highest BCUT2D eigenvalue weighted by Crippen LogP contribution is 2.25. The van der Waals surface area contributed by atoms with Crippen molar-refractivity contribution in [3.8, 4) is 0 Å². The molecule has 1 aromatic rings. The number of nitro groups is 1. The summed E-state index contributed by atoms with van der Waals surface area (Å²) in [5.74, 6) is 0. The Bertz CT molecular complexity index is 366. The zero-order valence-electron chi connectivity index (χ0n) is 8.86. The van der Waals surface area contributed by atoms with E-state index in [9.17, 15) is 10.1 Å². The third-order valence-electron chi connectivity index (χ3n) is 2.25. The van der Waals surface area contributed by atoms with Gasteiger partial charge in [-0.05, 0) is 25.5 Å². The number of anilines is 2. The van der Waals surface area contributed by atoms with E-state index in [1.165, 1.54) is 6.07 Å². The average Bonchev–Trinajstić information content (AvgIpc) is 2.17. The minimum Gasteiger partial charge on any atom is -0.393 e. The average molecular weight is 209 g/mol. The molecule has 0 radical (unpaired) electrons. The molecule has 5 nitrogen and oxygen atoms in total. The van der Waals surface area contributed by atoms with Crippen LogP contribution in [0.5, 0.6) is 0 Å². The van der Waals surface area contributed by atoms with Gasteiger partial charge >= 0.3 is 0 Å². The third kappa shape index (κ3) is 2.83. The summed E-state index contributed by atoms with van der Waals surface area (Å²) in [7, 11) is 0. The summed E-state index contributed by atoms with van der Waals surface area (Å²) in [6, 6.07) is 5.00. The largest absolute Gasteiger partial charge is 0.393 e. The predicted octanol–water partition coefficient (Wildman–Crippen LogP) is 2.39. The quantitative estimate of drug-likeness (QED) is 0.453. The van der Waals surface area contributed by atoms with Crippen LogP contribution < -0.4 is 11.1 Å². The normalized spacial score (nSPS) is 12.1. The summed E-state index contributed by atoms with van der Waals surface area (Å²) >= 11 is 0. The van der Waals surface area contributed by atoms with Crippen molar-refractivity contribution in [3.63, 3.8) is 0 Å². The van der Waals surface area contributed by atoms with E-state index in [0.717, 1.165) is 12.1 Å². The number of benzene rings is 1. The van der Waals surface area contributed by atoms with E-state index in [2.05, 4.69) is 12.2 Å². The summed E-state index contributed by atoms with van der Waals surface area (Å²) in [5.41, 5.74) is 6.51. The number of nitrogen functional groups attached to an aromatic ring is 1. The van der Waals surface area contributed by atoms with Crippen molar-refractivity contribution in [1.29, 1.82) is 0 Å². The fourth-order valence-corrected chi connectivity index (χ4v) is 1.20. The van der Waals surface area contributed by atoms with E-state index in [0.29, 0.717) is 6.04 Å². The van der Waals surface area contributed by atoms with Gasteiger partial charge in [0.2, 0.25) is 0 Å². The van der Waals surface area contributed by atoms with Crippen molar-refractivity contribution in [2.24, 2.45) is 0 Å². The molecule has 0 saturated heterocycles. The molecule has 5 heteroatoms. The van der Waals surface area contributed by atoms with Gasteiger partial charge in [0.1, 0.15) is 5.69 Å². The Morgan fingerprint density at radius 1 is 1.60 bits per heavy atom. The summed E-state index contributed by atoms with van der Waals surface area (Å²) in [6.45, 7) is 4.10. The summed E-state index contributed by atoms with van der Waals surface area (Å²) < 4.78 is 0. The molecular formula is C10H15N3O2. The maximum Gasteiger partial charge on any atom is 0.292 e. The van der Waals surface area contributed by atoms with Crippen molar-refractivity contribution < 1.29 is 4.92 Å². The molecule has 1 rings (SSSR count). The van der Waals surface area contributed by atoms with Gasteiger partial charge in [-0.1, -0.05) is 6.92 Å². The SMILES string of the molecule is CCC(C)Nc1ccc([N+](=O)[O-])c(N)c1. The number of hydrogen-bond acceptors (Lipinski definition) is 4. The Morgan fingerprint density at radius 2 is 2.27 bits per heavy atom. The molecule has 1 atom stereocenters. The molecule has 0 aromatic heterocycles. The highest BCUT2D eigenvalue weighted by Gasteiger charge is 2.11. The highest BCUT2D eigenvalue weighted by atomic mass is 16.6. The van der Waals surface area contributed by atoms with Crippen molar-refractivity contribution in [1.82, 2.24) is 0 Å². The number of nitrogens with two attached hydrogens (primary N) is 1. The van der Waals surface area contributed by atoms with Crippen LogP contribution >= 0.6 is 0 Å². The summed E-state index contributed by atoms with van der Waals surface area (Å²) in [4.78, 5) is 10.0. The van der Waals surface area contributed by atoms with Gasteiger partial charge in [-0.3, -0.25) is 10.1 Å². The molecule has 0 spiro atoms. The fourth-order valence-electron chi connectivity index (χ4n) is 1.20. The molecule has 1 unspecified atom stereocenters. The highest BCUT2D eigenvalue weighted by molar-refractivity contribution is 5.65. The van der Waals surface area contributed by atoms with Crippen LogP contribution in [0.25, 0.3) is 0 Å². The number of rotatable bonds is 4. The number of nitrogens with zero attached hydrogens (tertiary/aromatic N) is 1. The van der Waals surface area contributed by atoms with E-state index in [-0.39, 0.29) is 11.4 Å². The lowest BCUT2D eigenvalue weighted by molar-refractivity contribution is -0.383. The summed E-state index contributed by atoms with van der Waals surface area (Å²) in [6.07, 6.45) is 0.983. The standard InChI is InChI=1S/C10H15N3O2/c1-3-7(2)12-8-4-5-10(13(14)15)9(11)6-8/h4-7,12H,3,11H2,1-2H3. The molecule has 0 fully saturated rings. The second kappa shape index (κ2) is 4.63. The molecule has 0 bridgehead atoms. The Hall–Kier alpha value is -1.78. The lowest BCUT2D eigenvalue weighted by atomic mass is 10.2. The first-order valence-corrected chi connectivity index (χ1v) is 4.85. The molecule has 15 heavy (non-hydrogen) atoms. The van der Waals surface area contributed by atoms with Crippen LogP contribution in [0.15, 0.2) is 18.2 Å². The maximum absolute atomic E-state index is 10.5.